The van der Waals surface area contributed by atoms with Crippen molar-refractivity contribution in [2.75, 3.05) is 6.54 Å². The van der Waals surface area contributed by atoms with Crippen molar-refractivity contribution in [3.05, 3.63) is 28.7 Å². The van der Waals surface area contributed by atoms with Crippen LogP contribution < -0.4 is 11.1 Å². The van der Waals surface area contributed by atoms with Crippen LogP contribution in [0.5, 0.6) is 0 Å². The van der Waals surface area contributed by atoms with E-state index in [9.17, 15) is 0 Å². The van der Waals surface area contributed by atoms with Gasteiger partial charge in [0.1, 0.15) is 0 Å². The third-order valence-electron chi connectivity index (χ3n) is 1.74. The summed E-state index contributed by atoms with van der Waals surface area (Å²) in [5.74, 6) is 0.431. The third kappa shape index (κ3) is 4.12. The lowest BCUT2D eigenvalue weighted by atomic mass is 10.5. The normalized spacial score (nSPS) is 11.4. The number of hydrogen-bond acceptors (Lipinski definition) is 3. The number of nitrogens with zero attached hydrogens (tertiary/aromatic N) is 2. The minimum atomic E-state index is 0.431. The van der Waals surface area contributed by atoms with Gasteiger partial charge in [0.2, 0.25) is 0 Å². The fourth-order valence-electron chi connectivity index (χ4n) is 0.983. The Labute approximate surface area is 93.9 Å². The van der Waals surface area contributed by atoms with Crippen molar-refractivity contribution in [1.82, 2.24) is 10.3 Å². The van der Waals surface area contributed by atoms with Crippen LogP contribution in [0.2, 0.25) is 0 Å². The predicted molar refractivity (Wildman–Crippen MR) is 65.0 cm³/mol. The molecule has 0 aliphatic rings. The van der Waals surface area contributed by atoms with E-state index in [0.29, 0.717) is 19.0 Å². The SMILES string of the molecule is C=CCNC(N)=NCc1csc(CC)n1. The molecule has 0 atom stereocenters. The number of aryl methyl sites for hydroxylation is 1. The number of aromatic nitrogens is 1. The van der Waals surface area contributed by atoms with Crippen LogP contribution in [0.25, 0.3) is 0 Å². The summed E-state index contributed by atoms with van der Waals surface area (Å²) in [7, 11) is 0. The lowest BCUT2D eigenvalue weighted by molar-refractivity contribution is 0.935. The van der Waals surface area contributed by atoms with Gasteiger partial charge in [0.15, 0.2) is 5.96 Å². The van der Waals surface area contributed by atoms with Crippen molar-refractivity contribution in [3.63, 3.8) is 0 Å². The lowest BCUT2D eigenvalue weighted by Crippen LogP contribution is -2.31. The van der Waals surface area contributed by atoms with Gasteiger partial charge in [0.05, 0.1) is 17.2 Å². The van der Waals surface area contributed by atoms with Crippen molar-refractivity contribution >= 4 is 17.3 Å². The molecule has 0 saturated heterocycles. The van der Waals surface area contributed by atoms with Crippen LogP contribution >= 0.6 is 11.3 Å². The maximum atomic E-state index is 5.61. The van der Waals surface area contributed by atoms with E-state index in [0.717, 1.165) is 17.1 Å². The molecule has 82 valence electrons. The van der Waals surface area contributed by atoms with Gasteiger partial charge in [-0.25, -0.2) is 9.98 Å². The molecule has 1 heterocycles. The topological polar surface area (TPSA) is 63.3 Å². The van der Waals surface area contributed by atoms with Gasteiger partial charge in [-0.15, -0.1) is 17.9 Å². The zero-order valence-corrected chi connectivity index (χ0v) is 9.68. The number of rotatable bonds is 5. The molecule has 0 bridgehead atoms. The predicted octanol–water partition coefficient (Wildman–Crippen LogP) is 1.30. The molecule has 0 amide bonds. The van der Waals surface area contributed by atoms with Gasteiger partial charge in [-0.1, -0.05) is 13.0 Å². The van der Waals surface area contributed by atoms with Crippen molar-refractivity contribution in [2.24, 2.45) is 10.7 Å². The number of guanidine groups is 1. The van der Waals surface area contributed by atoms with Crippen molar-refractivity contribution in [1.29, 1.82) is 0 Å². The molecule has 0 unspecified atom stereocenters. The van der Waals surface area contributed by atoms with Crippen LogP contribution in [-0.4, -0.2) is 17.5 Å². The largest absolute Gasteiger partial charge is 0.370 e. The first-order chi connectivity index (χ1) is 7.26. The van der Waals surface area contributed by atoms with Gasteiger partial charge >= 0.3 is 0 Å². The van der Waals surface area contributed by atoms with Gasteiger partial charge in [0.25, 0.3) is 0 Å². The first kappa shape index (κ1) is 11.7. The second-order valence-electron chi connectivity index (χ2n) is 2.96. The minimum absolute atomic E-state index is 0.431. The summed E-state index contributed by atoms with van der Waals surface area (Å²) in [4.78, 5) is 8.55. The molecule has 15 heavy (non-hydrogen) atoms. The molecule has 0 radical (unpaired) electrons. The maximum absolute atomic E-state index is 5.61. The summed E-state index contributed by atoms with van der Waals surface area (Å²) in [6, 6.07) is 0. The summed E-state index contributed by atoms with van der Waals surface area (Å²) in [5.41, 5.74) is 6.59. The van der Waals surface area contributed by atoms with E-state index in [2.05, 4.69) is 28.8 Å². The highest BCUT2D eigenvalue weighted by Gasteiger charge is 1.98. The Bertz CT molecular complexity index is 343. The highest BCUT2D eigenvalue weighted by atomic mass is 32.1. The smallest absolute Gasteiger partial charge is 0.189 e. The van der Waals surface area contributed by atoms with Crippen molar-refractivity contribution in [2.45, 2.75) is 19.9 Å². The van der Waals surface area contributed by atoms with E-state index in [4.69, 9.17) is 5.73 Å². The number of hydrogen-bond donors (Lipinski definition) is 2. The van der Waals surface area contributed by atoms with E-state index < -0.39 is 0 Å². The van der Waals surface area contributed by atoms with E-state index in [1.807, 2.05) is 5.38 Å². The Morgan fingerprint density at radius 3 is 3.20 bits per heavy atom. The Balaban J connectivity index is 2.44. The average Bonchev–Trinajstić information content (AvgIpc) is 2.71. The van der Waals surface area contributed by atoms with Crippen LogP contribution in [0.1, 0.15) is 17.6 Å². The second-order valence-corrected chi connectivity index (χ2v) is 3.90. The zero-order valence-electron chi connectivity index (χ0n) is 8.86. The van der Waals surface area contributed by atoms with Gasteiger partial charge < -0.3 is 11.1 Å². The number of aliphatic imine (C=N–C) groups is 1. The molecule has 0 aliphatic carbocycles. The van der Waals surface area contributed by atoms with E-state index in [1.54, 1.807) is 17.4 Å². The van der Waals surface area contributed by atoms with Crippen LogP contribution in [-0.2, 0) is 13.0 Å². The summed E-state index contributed by atoms with van der Waals surface area (Å²) >= 11 is 1.66. The summed E-state index contributed by atoms with van der Waals surface area (Å²) in [6.45, 7) is 6.84. The molecule has 0 fully saturated rings. The molecular weight excluding hydrogens is 208 g/mol. The summed E-state index contributed by atoms with van der Waals surface area (Å²) in [5, 5.41) is 6.06. The Kier molecular flexibility index (Phi) is 4.83. The molecule has 0 aliphatic heterocycles. The first-order valence-electron chi connectivity index (χ1n) is 4.84. The van der Waals surface area contributed by atoms with Crippen molar-refractivity contribution in [3.8, 4) is 0 Å². The fourth-order valence-corrected chi connectivity index (χ4v) is 1.72. The summed E-state index contributed by atoms with van der Waals surface area (Å²) in [6.07, 6.45) is 2.71. The molecule has 3 N–H and O–H groups in total. The molecule has 4 nitrogen and oxygen atoms in total. The van der Waals surface area contributed by atoms with E-state index >= 15 is 0 Å². The number of nitrogens with two attached hydrogens (primary N) is 1. The molecular formula is C10H16N4S. The monoisotopic (exact) mass is 224 g/mol. The minimum Gasteiger partial charge on any atom is -0.370 e. The highest BCUT2D eigenvalue weighted by molar-refractivity contribution is 7.09. The van der Waals surface area contributed by atoms with Crippen LogP contribution in [0.3, 0.4) is 0 Å². The first-order valence-corrected chi connectivity index (χ1v) is 5.72. The number of thiazole rings is 1. The average molecular weight is 224 g/mol. The van der Waals surface area contributed by atoms with Gasteiger partial charge in [0, 0.05) is 11.9 Å². The van der Waals surface area contributed by atoms with Crippen LogP contribution in [0, 0.1) is 0 Å². The van der Waals surface area contributed by atoms with Gasteiger partial charge in [-0.3, -0.25) is 0 Å². The quantitative estimate of drug-likeness (QED) is 0.450. The Morgan fingerprint density at radius 2 is 2.60 bits per heavy atom. The van der Waals surface area contributed by atoms with Gasteiger partial charge in [-0.05, 0) is 6.42 Å². The Morgan fingerprint density at radius 1 is 1.80 bits per heavy atom. The molecule has 0 spiro atoms. The lowest BCUT2D eigenvalue weighted by Gasteiger charge is -2.00. The molecule has 0 saturated carbocycles. The number of nitrogens with one attached hydrogen (secondary N) is 1. The molecule has 1 aromatic rings. The molecule has 1 rings (SSSR count). The maximum Gasteiger partial charge on any atom is 0.189 e. The molecule has 1 aromatic heterocycles. The third-order valence-corrected chi connectivity index (χ3v) is 2.78. The van der Waals surface area contributed by atoms with Gasteiger partial charge in [-0.2, -0.15) is 0 Å². The second kappa shape index (κ2) is 6.19. The van der Waals surface area contributed by atoms with Crippen LogP contribution in [0.4, 0.5) is 0 Å². The van der Waals surface area contributed by atoms with Crippen molar-refractivity contribution < 1.29 is 0 Å². The van der Waals surface area contributed by atoms with E-state index in [-0.39, 0.29) is 0 Å². The summed E-state index contributed by atoms with van der Waals surface area (Å²) < 4.78 is 0. The molecule has 0 aromatic carbocycles. The zero-order chi connectivity index (χ0) is 11.1. The Hall–Kier alpha value is -1.36. The standard InChI is InChI=1S/C10H16N4S/c1-3-5-12-10(11)13-6-8-7-15-9(4-2)14-8/h3,7H,1,4-6H2,2H3,(H3,11,12,13). The van der Waals surface area contributed by atoms with E-state index in [1.165, 1.54) is 0 Å². The molecule has 5 heteroatoms. The van der Waals surface area contributed by atoms with Crippen LogP contribution in [0.15, 0.2) is 23.0 Å². The fraction of sp³-hybridized carbons (Fsp3) is 0.400. The highest BCUT2D eigenvalue weighted by Crippen LogP contribution is 2.10.